The highest BCUT2D eigenvalue weighted by atomic mass is 32.1. The average molecular weight is 593 g/mol. The van der Waals surface area contributed by atoms with E-state index < -0.39 is 0 Å². The molecule has 0 aliphatic rings. The van der Waals surface area contributed by atoms with Crippen molar-refractivity contribution in [2.75, 3.05) is 0 Å². The molecule has 0 fully saturated rings. The second kappa shape index (κ2) is 10.4. The molecule has 3 heterocycles. The fourth-order valence-corrected chi connectivity index (χ4v) is 7.22. The molecule has 9 rings (SSSR count). The maximum Gasteiger partial charge on any atom is 0.160 e. The van der Waals surface area contributed by atoms with Crippen molar-refractivity contribution in [2.24, 2.45) is 0 Å². The molecule has 4 nitrogen and oxygen atoms in total. The van der Waals surface area contributed by atoms with Crippen LogP contribution in [0.4, 0.5) is 0 Å². The van der Waals surface area contributed by atoms with Crippen molar-refractivity contribution in [3.8, 4) is 45.3 Å². The number of hydrogen-bond donors (Lipinski definition) is 0. The predicted molar refractivity (Wildman–Crippen MR) is 187 cm³/mol. The summed E-state index contributed by atoms with van der Waals surface area (Å²) in [4.78, 5) is 20.2. The predicted octanol–water partition coefficient (Wildman–Crippen LogP) is 10.6. The van der Waals surface area contributed by atoms with Crippen LogP contribution in [-0.2, 0) is 0 Å². The second-order valence-electron chi connectivity index (χ2n) is 11.1. The van der Waals surface area contributed by atoms with E-state index in [1.54, 1.807) is 11.3 Å². The van der Waals surface area contributed by atoms with E-state index in [0.717, 1.165) is 67.1 Å². The van der Waals surface area contributed by atoms with Crippen LogP contribution in [0.2, 0.25) is 0 Å². The van der Waals surface area contributed by atoms with E-state index in [2.05, 4.69) is 109 Å². The lowest BCUT2D eigenvalue weighted by Gasteiger charge is -2.10. The summed E-state index contributed by atoms with van der Waals surface area (Å²) < 4.78 is 2.42. The molecular formula is C40H24N4S. The summed E-state index contributed by atoms with van der Waals surface area (Å²) >= 11 is 1.78. The van der Waals surface area contributed by atoms with Crippen molar-refractivity contribution in [1.29, 1.82) is 0 Å². The van der Waals surface area contributed by atoms with Gasteiger partial charge in [0.25, 0.3) is 0 Å². The Bertz CT molecular complexity index is 2540. The largest absolute Gasteiger partial charge is 0.228 e. The van der Waals surface area contributed by atoms with Crippen LogP contribution in [0, 0.1) is 0 Å². The van der Waals surface area contributed by atoms with Gasteiger partial charge in [0.1, 0.15) is 0 Å². The molecule has 0 N–H and O–H groups in total. The lowest BCUT2D eigenvalue weighted by atomic mass is 10.0. The van der Waals surface area contributed by atoms with Crippen molar-refractivity contribution >= 4 is 53.3 Å². The van der Waals surface area contributed by atoms with Crippen LogP contribution in [0.15, 0.2) is 146 Å². The summed E-state index contributed by atoms with van der Waals surface area (Å²) in [6.45, 7) is 0. The third-order valence-electron chi connectivity index (χ3n) is 8.29. The van der Waals surface area contributed by atoms with E-state index in [1.165, 1.54) is 20.2 Å². The molecule has 0 saturated carbocycles. The number of rotatable bonds is 4. The maximum absolute atomic E-state index is 5.10. The van der Waals surface area contributed by atoms with Gasteiger partial charge in [-0.25, -0.2) is 19.9 Å². The average Bonchev–Trinajstić information content (AvgIpc) is 3.48. The molecule has 6 aromatic carbocycles. The van der Waals surface area contributed by atoms with Gasteiger partial charge < -0.3 is 0 Å². The van der Waals surface area contributed by atoms with Crippen LogP contribution >= 0.6 is 11.3 Å². The Morgan fingerprint density at radius 1 is 0.333 bits per heavy atom. The van der Waals surface area contributed by atoms with Gasteiger partial charge in [-0.1, -0.05) is 109 Å². The van der Waals surface area contributed by atoms with Crippen LogP contribution < -0.4 is 0 Å². The molecule has 9 aromatic rings. The molecule has 3 aromatic heterocycles. The van der Waals surface area contributed by atoms with E-state index in [9.17, 15) is 0 Å². The first-order valence-corrected chi connectivity index (χ1v) is 15.7. The van der Waals surface area contributed by atoms with E-state index in [4.69, 9.17) is 19.9 Å². The highest BCUT2D eigenvalue weighted by Gasteiger charge is 2.15. The van der Waals surface area contributed by atoms with Gasteiger partial charge >= 0.3 is 0 Å². The topological polar surface area (TPSA) is 51.6 Å². The Hall–Kier alpha value is -5.78. The minimum absolute atomic E-state index is 0.725. The number of benzene rings is 6. The Morgan fingerprint density at radius 2 is 0.844 bits per heavy atom. The molecule has 0 radical (unpaired) electrons. The first-order chi connectivity index (χ1) is 22.3. The zero-order chi connectivity index (χ0) is 29.7. The molecule has 0 saturated heterocycles. The molecule has 5 heteroatoms. The van der Waals surface area contributed by atoms with Gasteiger partial charge in [0, 0.05) is 53.2 Å². The molecular weight excluding hydrogens is 569 g/mol. The summed E-state index contributed by atoms with van der Waals surface area (Å²) in [5.41, 5.74) is 7.93. The summed E-state index contributed by atoms with van der Waals surface area (Å²) in [5.74, 6) is 1.45. The zero-order valence-corrected chi connectivity index (χ0v) is 24.9. The second-order valence-corrected chi connectivity index (χ2v) is 12.2. The highest BCUT2D eigenvalue weighted by molar-refractivity contribution is 7.25. The lowest BCUT2D eigenvalue weighted by Crippen LogP contribution is -1.95. The van der Waals surface area contributed by atoms with Crippen LogP contribution in [-0.4, -0.2) is 19.9 Å². The molecule has 0 unspecified atom stereocenters. The number of para-hydroxylation sites is 2. The third kappa shape index (κ3) is 4.44. The Morgan fingerprint density at radius 3 is 1.44 bits per heavy atom. The molecule has 0 aliphatic carbocycles. The first kappa shape index (κ1) is 25.7. The van der Waals surface area contributed by atoms with E-state index in [-0.39, 0.29) is 0 Å². The molecule has 0 amide bonds. The van der Waals surface area contributed by atoms with Gasteiger partial charge in [0.05, 0.1) is 22.4 Å². The zero-order valence-electron chi connectivity index (χ0n) is 24.1. The molecule has 0 bridgehead atoms. The standard InChI is InChI=1S/C40H24N4S/c1-3-11-25(12-4-1)37-30-15-7-9-17-33(30)41-39(43-37)27-20-22-35-32(23-27)29-21-19-28(24-36(29)45-35)40-42-34-18-10-8-16-31(34)38(44-40)26-13-5-2-6-14-26/h1-24H. The van der Waals surface area contributed by atoms with Gasteiger partial charge in [0.15, 0.2) is 11.6 Å². The van der Waals surface area contributed by atoms with Gasteiger partial charge in [-0.15, -0.1) is 11.3 Å². The van der Waals surface area contributed by atoms with E-state index in [1.807, 2.05) is 36.4 Å². The minimum Gasteiger partial charge on any atom is -0.228 e. The number of aromatic nitrogens is 4. The maximum atomic E-state index is 5.10. The quantitative estimate of drug-likeness (QED) is 0.204. The fraction of sp³-hybridized carbons (Fsp3) is 0. The van der Waals surface area contributed by atoms with Crippen LogP contribution in [0.5, 0.6) is 0 Å². The van der Waals surface area contributed by atoms with Gasteiger partial charge in [-0.2, -0.15) is 0 Å². The molecule has 0 spiro atoms. The number of nitrogens with zero attached hydrogens (tertiary/aromatic N) is 4. The Balaban J connectivity index is 1.17. The van der Waals surface area contributed by atoms with E-state index in [0.29, 0.717) is 0 Å². The van der Waals surface area contributed by atoms with Crippen LogP contribution in [0.3, 0.4) is 0 Å². The van der Waals surface area contributed by atoms with Crippen molar-refractivity contribution in [3.05, 3.63) is 146 Å². The van der Waals surface area contributed by atoms with Crippen molar-refractivity contribution in [2.45, 2.75) is 0 Å². The van der Waals surface area contributed by atoms with Gasteiger partial charge in [-0.3, -0.25) is 0 Å². The smallest absolute Gasteiger partial charge is 0.160 e. The highest BCUT2D eigenvalue weighted by Crippen LogP contribution is 2.39. The molecule has 0 atom stereocenters. The monoisotopic (exact) mass is 592 g/mol. The summed E-state index contributed by atoms with van der Waals surface area (Å²) in [6.07, 6.45) is 0. The van der Waals surface area contributed by atoms with Gasteiger partial charge in [-0.05, 0) is 36.4 Å². The Kier molecular flexibility index (Phi) is 5.96. The minimum atomic E-state index is 0.725. The number of fused-ring (bicyclic) bond motifs is 5. The number of thiophene rings is 1. The molecule has 210 valence electrons. The Labute approximate surface area is 263 Å². The SMILES string of the molecule is c1ccc(-c2nc(-c3ccc4c(c3)sc3ccc(-c5nc(-c6ccccc6)c6ccccc6n5)cc34)nc3ccccc23)cc1. The summed E-state index contributed by atoms with van der Waals surface area (Å²) in [5, 5.41) is 4.50. The molecule has 0 aliphatic heterocycles. The first-order valence-electron chi connectivity index (χ1n) is 14.9. The van der Waals surface area contributed by atoms with Crippen LogP contribution in [0.25, 0.3) is 87.3 Å². The lowest BCUT2D eigenvalue weighted by molar-refractivity contribution is 1.23. The fourth-order valence-electron chi connectivity index (χ4n) is 6.10. The van der Waals surface area contributed by atoms with Crippen molar-refractivity contribution in [3.63, 3.8) is 0 Å². The normalized spacial score (nSPS) is 11.6. The van der Waals surface area contributed by atoms with E-state index >= 15 is 0 Å². The molecule has 45 heavy (non-hydrogen) atoms. The van der Waals surface area contributed by atoms with Crippen molar-refractivity contribution < 1.29 is 0 Å². The van der Waals surface area contributed by atoms with Crippen LogP contribution in [0.1, 0.15) is 0 Å². The summed E-state index contributed by atoms with van der Waals surface area (Å²) in [7, 11) is 0. The number of hydrogen-bond acceptors (Lipinski definition) is 5. The summed E-state index contributed by atoms with van der Waals surface area (Å²) in [6, 6.07) is 50.3. The van der Waals surface area contributed by atoms with Crippen molar-refractivity contribution in [1.82, 2.24) is 19.9 Å². The van der Waals surface area contributed by atoms with Gasteiger partial charge in [0.2, 0.25) is 0 Å². The third-order valence-corrected chi connectivity index (χ3v) is 9.42.